The lowest BCUT2D eigenvalue weighted by Gasteiger charge is -2.48. The highest BCUT2D eigenvalue weighted by Crippen LogP contribution is 2.35. The molecule has 1 unspecified atom stereocenters. The summed E-state index contributed by atoms with van der Waals surface area (Å²) in [7, 11) is -3.66. The fraction of sp³-hybridized carbons (Fsp3) is 0.647. The third-order valence-electron chi connectivity index (χ3n) is 4.54. The number of piperazine rings is 1. The van der Waals surface area contributed by atoms with E-state index in [9.17, 15) is 8.42 Å². The van der Waals surface area contributed by atoms with Crippen molar-refractivity contribution in [1.29, 1.82) is 0 Å². The summed E-state index contributed by atoms with van der Waals surface area (Å²) in [4.78, 5) is 2.38. The predicted molar refractivity (Wildman–Crippen MR) is 94.4 cm³/mol. The van der Waals surface area contributed by atoms with Crippen molar-refractivity contribution in [3.63, 3.8) is 0 Å². The molecule has 1 aliphatic rings. The average Bonchev–Trinajstić information content (AvgIpc) is 2.44. The topological polar surface area (TPSA) is 66.6 Å². The molecule has 0 radical (unpaired) electrons. The van der Waals surface area contributed by atoms with Gasteiger partial charge in [0.2, 0.25) is 0 Å². The van der Waals surface area contributed by atoms with Gasteiger partial charge in [-0.25, -0.2) is 5.14 Å². The zero-order chi connectivity index (χ0) is 17.4. The van der Waals surface area contributed by atoms with Gasteiger partial charge >= 0.3 is 0 Å². The van der Waals surface area contributed by atoms with Gasteiger partial charge < -0.3 is 0 Å². The molecule has 1 atom stereocenters. The first-order valence-electron chi connectivity index (χ1n) is 8.15. The van der Waals surface area contributed by atoms with E-state index in [2.05, 4.69) is 51.7 Å². The molecule has 2 N–H and O–H groups in total. The second-order valence-electron chi connectivity index (χ2n) is 7.57. The lowest BCUT2D eigenvalue weighted by Crippen LogP contribution is -2.57. The molecule has 0 bridgehead atoms. The van der Waals surface area contributed by atoms with E-state index in [1.165, 1.54) is 15.4 Å². The summed E-state index contributed by atoms with van der Waals surface area (Å²) < 4.78 is 25.0. The number of rotatable bonds is 3. The molecule has 5 nitrogen and oxygen atoms in total. The molecule has 1 aliphatic heterocycles. The average molecular weight is 340 g/mol. The van der Waals surface area contributed by atoms with Crippen LogP contribution in [0.5, 0.6) is 0 Å². The van der Waals surface area contributed by atoms with Crippen LogP contribution in [0.4, 0.5) is 0 Å². The third-order valence-corrected chi connectivity index (χ3v) is 5.59. The van der Waals surface area contributed by atoms with Crippen LogP contribution in [0.25, 0.3) is 0 Å². The van der Waals surface area contributed by atoms with Crippen LogP contribution in [0.3, 0.4) is 0 Å². The summed E-state index contributed by atoms with van der Waals surface area (Å²) in [6.45, 7) is 12.4. The lowest BCUT2D eigenvalue weighted by atomic mass is 9.89. The molecule has 0 aromatic heterocycles. The summed E-state index contributed by atoms with van der Waals surface area (Å²) in [6.07, 6.45) is 0. The molecular formula is C17H29N3O2S. The van der Waals surface area contributed by atoms with Gasteiger partial charge in [0.15, 0.2) is 0 Å². The molecule has 130 valence electrons. The highest BCUT2D eigenvalue weighted by atomic mass is 32.2. The molecule has 0 aliphatic carbocycles. The monoisotopic (exact) mass is 339 g/mol. The second kappa shape index (κ2) is 6.51. The summed E-state index contributed by atoms with van der Waals surface area (Å²) >= 11 is 0. The van der Waals surface area contributed by atoms with Crippen molar-refractivity contribution in [2.75, 3.05) is 19.6 Å². The number of nitrogens with two attached hydrogens (primary N) is 1. The van der Waals surface area contributed by atoms with E-state index in [4.69, 9.17) is 5.14 Å². The van der Waals surface area contributed by atoms with Gasteiger partial charge in [0, 0.05) is 31.2 Å². The maximum atomic E-state index is 11.8. The largest absolute Gasteiger partial charge is 0.289 e. The Morgan fingerprint density at radius 1 is 1.17 bits per heavy atom. The highest BCUT2D eigenvalue weighted by molar-refractivity contribution is 7.86. The Balaban J connectivity index is 2.48. The van der Waals surface area contributed by atoms with Crippen molar-refractivity contribution < 1.29 is 8.42 Å². The van der Waals surface area contributed by atoms with Crippen LogP contribution >= 0.6 is 0 Å². The molecule has 1 aromatic carbocycles. The first kappa shape index (κ1) is 18.4. The van der Waals surface area contributed by atoms with E-state index < -0.39 is 10.2 Å². The molecule has 2 rings (SSSR count). The van der Waals surface area contributed by atoms with E-state index in [1.807, 2.05) is 12.1 Å². The molecule has 23 heavy (non-hydrogen) atoms. The minimum Gasteiger partial charge on any atom is -0.289 e. The Morgan fingerprint density at radius 2 is 1.78 bits per heavy atom. The van der Waals surface area contributed by atoms with Crippen LogP contribution in [-0.4, -0.2) is 42.8 Å². The van der Waals surface area contributed by atoms with Gasteiger partial charge in [0.05, 0.1) is 0 Å². The number of hydrogen-bond donors (Lipinski definition) is 1. The molecule has 0 spiro atoms. The van der Waals surface area contributed by atoms with Gasteiger partial charge in [-0.05, 0) is 37.8 Å². The van der Waals surface area contributed by atoms with Gasteiger partial charge in [-0.3, -0.25) is 4.90 Å². The first-order chi connectivity index (χ1) is 10.5. The van der Waals surface area contributed by atoms with Crippen molar-refractivity contribution in [2.24, 2.45) is 5.14 Å². The van der Waals surface area contributed by atoms with Crippen LogP contribution in [0.1, 0.15) is 57.7 Å². The molecular weight excluding hydrogens is 310 g/mol. The van der Waals surface area contributed by atoms with Gasteiger partial charge in [0.1, 0.15) is 0 Å². The molecule has 1 aromatic rings. The number of nitrogens with zero attached hydrogens (tertiary/aromatic N) is 2. The normalized spacial score (nSPS) is 21.8. The van der Waals surface area contributed by atoms with Gasteiger partial charge in [0.25, 0.3) is 10.2 Å². The van der Waals surface area contributed by atoms with E-state index in [-0.39, 0.29) is 11.6 Å². The highest BCUT2D eigenvalue weighted by Gasteiger charge is 2.38. The zero-order valence-electron chi connectivity index (χ0n) is 14.8. The van der Waals surface area contributed by atoms with Crippen LogP contribution in [0.15, 0.2) is 24.3 Å². The Bertz CT molecular complexity index is 650. The SMILES string of the molecule is CC(C)c1ccccc1C1CN(S(N)(=O)=O)CCN1C(C)(C)C. The minimum absolute atomic E-state index is 0.0145. The molecule has 0 amide bonds. The molecule has 6 heteroatoms. The Kier molecular flexibility index (Phi) is 5.21. The zero-order valence-corrected chi connectivity index (χ0v) is 15.6. The first-order valence-corrected chi connectivity index (χ1v) is 9.65. The lowest BCUT2D eigenvalue weighted by molar-refractivity contribution is 0.0343. The van der Waals surface area contributed by atoms with E-state index >= 15 is 0 Å². The standard InChI is InChI=1S/C17H29N3O2S/c1-13(2)14-8-6-7-9-15(14)16-12-19(23(18,21)22)10-11-20(16)17(3,4)5/h6-9,13,16H,10-12H2,1-5H3,(H2,18,21,22). The smallest absolute Gasteiger partial charge is 0.277 e. The van der Waals surface area contributed by atoms with Crippen molar-refractivity contribution in [1.82, 2.24) is 9.21 Å². The quantitative estimate of drug-likeness (QED) is 0.920. The molecule has 0 saturated carbocycles. The fourth-order valence-electron chi connectivity index (χ4n) is 3.40. The Labute approximate surface area is 140 Å². The van der Waals surface area contributed by atoms with Crippen molar-refractivity contribution in [2.45, 2.75) is 52.1 Å². The van der Waals surface area contributed by atoms with Crippen molar-refractivity contribution in [3.8, 4) is 0 Å². The maximum Gasteiger partial charge on any atom is 0.277 e. The fourth-order valence-corrected chi connectivity index (χ4v) is 4.08. The van der Waals surface area contributed by atoms with Crippen LogP contribution in [0, 0.1) is 0 Å². The summed E-state index contributed by atoms with van der Waals surface area (Å²) in [5.74, 6) is 0.387. The predicted octanol–water partition coefficient (Wildman–Crippen LogP) is 2.47. The molecule has 1 heterocycles. The Hall–Kier alpha value is -0.950. The van der Waals surface area contributed by atoms with Crippen molar-refractivity contribution in [3.05, 3.63) is 35.4 Å². The van der Waals surface area contributed by atoms with Gasteiger partial charge in [-0.2, -0.15) is 12.7 Å². The number of hydrogen-bond acceptors (Lipinski definition) is 3. The summed E-state index contributed by atoms with van der Waals surface area (Å²) in [5.41, 5.74) is 2.42. The van der Waals surface area contributed by atoms with Crippen LogP contribution < -0.4 is 5.14 Å². The van der Waals surface area contributed by atoms with Crippen LogP contribution in [0.2, 0.25) is 0 Å². The molecule has 1 fully saturated rings. The Morgan fingerprint density at radius 3 is 2.30 bits per heavy atom. The number of benzene rings is 1. The van der Waals surface area contributed by atoms with Crippen LogP contribution in [-0.2, 0) is 10.2 Å². The van der Waals surface area contributed by atoms with E-state index in [0.717, 1.165) is 0 Å². The summed E-state index contributed by atoms with van der Waals surface area (Å²) in [6, 6.07) is 8.33. The third kappa shape index (κ3) is 4.12. The second-order valence-corrected chi connectivity index (χ2v) is 9.11. The maximum absolute atomic E-state index is 11.8. The molecule has 1 saturated heterocycles. The minimum atomic E-state index is -3.66. The van der Waals surface area contributed by atoms with Crippen molar-refractivity contribution >= 4 is 10.2 Å². The van der Waals surface area contributed by atoms with E-state index in [0.29, 0.717) is 25.6 Å². The van der Waals surface area contributed by atoms with Gasteiger partial charge in [-0.1, -0.05) is 38.1 Å². The van der Waals surface area contributed by atoms with Gasteiger partial charge in [-0.15, -0.1) is 0 Å². The van der Waals surface area contributed by atoms with E-state index in [1.54, 1.807) is 0 Å². The summed E-state index contributed by atoms with van der Waals surface area (Å²) in [5, 5.41) is 5.38.